The molecule has 1 saturated heterocycles. The molecule has 6 rings (SSSR count). The van der Waals surface area contributed by atoms with Crippen molar-refractivity contribution in [3.63, 3.8) is 0 Å². The summed E-state index contributed by atoms with van der Waals surface area (Å²) < 4.78 is 35.5. The van der Waals surface area contributed by atoms with E-state index >= 15 is 0 Å². The van der Waals surface area contributed by atoms with Crippen molar-refractivity contribution in [3.05, 3.63) is 77.9 Å². The highest BCUT2D eigenvalue weighted by Crippen LogP contribution is 2.36. The number of sulfonamides is 1. The first-order valence-corrected chi connectivity index (χ1v) is 16.5. The summed E-state index contributed by atoms with van der Waals surface area (Å²) >= 11 is 3.11. The highest BCUT2D eigenvalue weighted by Gasteiger charge is 2.30. The lowest BCUT2D eigenvalue weighted by atomic mass is 10.0. The highest BCUT2D eigenvalue weighted by atomic mass is 32.2. The molecule has 0 bridgehead atoms. The minimum absolute atomic E-state index is 0.0557. The van der Waals surface area contributed by atoms with Gasteiger partial charge in [-0.05, 0) is 80.0 Å². The Balaban J connectivity index is 1.31. The third kappa shape index (κ3) is 5.06. The van der Waals surface area contributed by atoms with Gasteiger partial charge in [-0.25, -0.2) is 13.4 Å². The molecule has 1 fully saturated rings. The van der Waals surface area contributed by atoms with Crippen LogP contribution in [0.25, 0.3) is 10.2 Å². The van der Waals surface area contributed by atoms with Gasteiger partial charge in [-0.2, -0.15) is 0 Å². The van der Waals surface area contributed by atoms with E-state index in [4.69, 9.17) is 9.72 Å². The Morgan fingerprint density at radius 2 is 1.92 bits per heavy atom. The van der Waals surface area contributed by atoms with Gasteiger partial charge >= 0.3 is 0 Å². The summed E-state index contributed by atoms with van der Waals surface area (Å²) in [6.45, 7) is 1.53. The summed E-state index contributed by atoms with van der Waals surface area (Å²) in [5, 5.41) is 0.619. The topological polar surface area (TPSA) is 79.8 Å². The fourth-order valence-corrected chi connectivity index (χ4v) is 8.40. The predicted octanol–water partition coefficient (Wildman–Crippen LogP) is 5.99. The van der Waals surface area contributed by atoms with E-state index < -0.39 is 10.0 Å². The number of thioether (sulfide) groups is 1. The molecule has 1 aromatic heterocycles. The zero-order valence-electron chi connectivity index (χ0n) is 21.6. The normalized spacial score (nSPS) is 17.4. The van der Waals surface area contributed by atoms with Gasteiger partial charge in [-0.15, -0.1) is 11.8 Å². The fraction of sp³-hybridized carbons (Fsp3) is 0.310. The number of carbonyl (C=O) groups is 1. The van der Waals surface area contributed by atoms with Crippen molar-refractivity contribution in [2.45, 2.75) is 41.6 Å². The van der Waals surface area contributed by atoms with Gasteiger partial charge in [0.05, 0.1) is 33.4 Å². The quantitative estimate of drug-likeness (QED) is 0.251. The first-order valence-electron chi connectivity index (χ1n) is 13.0. The van der Waals surface area contributed by atoms with Crippen LogP contribution in [0.4, 0.5) is 10.8 Å². The minimum atomic E-state index is -3.76. The number of carbonyl (C=O) groups excluding carboxylic acids is 1. The summed E-state index contributed by atoms with van der Waals surface area (Å²) in [6.07, 6.45) is 5.45. The fourth-order valence-electron chi connectivity index (χ4n) is 5.23. The Hall–Kier alpha value is -2.92. The molecule has 202 valence electrons. The van der Waals surface area contributed by atoms with E-state index in [0.717, 1.165) is 52.0 Å². The van der Waals surface area contributed by atoms with Crippen molar-refractivity contribution in [2.24, 2.45) is 0 Å². The van der Waals surface area contributed by atoms with Gasteiger partial charge in [0.1, 0.15) is 0 Å². The van der Waals surface area contributed by atoms with Crippen LogP contribution in [0, 0.1) is 0 Å². The number of aryl methyl sites for hydroxylation is 1. The number of hydrogen-bond donors (Lipinski definition) is 0. The monoisotopic (exact) mass is 579 g/mol. The van der Waals surface area contributed by atoms with Crippen molar-refractivity contribution < 1.29 is 17.9 Å². The van der Waals surface area contributed by atoms with Crippen LogP contribution in [0.2, 0.25) is 0 Å². The summed E-state index contributed by atoms with van der Waals surface area (Å²) in [5.74, 6) is -0.220. The van der Waals surface area contributed by atoms with E-state index in [-0.39, 0.29) is 16.9 Å². The van der Waals surface area contributed by atoms with Gasteiger partial charge in [0.25, 0.3) is 15.9 Å². The van der Waals surface area contributed by atoms with Gasteiger partial charge in [-0.3, -0.25) is 14.0 Å². The van der Waals surface area contributed by atoms with Crippen molar-refractivity contribution in [3.8, 4) is 0 Å². The number of aromatic nitrogens is 1. The first-order chi connectivity index (χ1) is 19.0. The Kier molecular flexibility index (Phi) is 7.37. The zero-order valence-corrected chi connectivity index (χ0v) is 24.0. The van der Waals surface area contributed by atoms with Crippen LogP contribution in [-0.4, -0.2) is 51.4 Å². The molecule has 39 heavy (non-hydrogen) atoms. The second-order valence-electron chi connectivity index (χ2n) is 9.69. The number of thiazole rings is 1. The Morgan fingerprint density at radius 3 is 2.69 bits per heavy atom. The molecule has 0 N–H and O–H groups in total. The molecule has 2 aliphatic rings. The predicted molar refractivity (Wildman–Crippen MR) is 158 cm³/mol. The van der Waals surface area contributed by atoms with Crippen LogP contribution in [-0.2, 0) is 21.2 Å². The molecule has 1 unspecified atom stereocenters. The standard InChI is InChI=1S/C29H29N3O4S3/c1-37-25-11-4-12-26-27(25)30-29(38-26)31(19-22-9-6-18-36-22)28(33)21-13-15-23(16-14-21)39(34,35)32-17-5-8-20-7-2-3-10-24(20)32/h2-4,7,10-16,22H,5-6,8-9,17-19H2,1H3. The van der Waals surface area contributed by atoms with Crippen LogP contribution >= 0.6 is 23.1 Å². The lowest BCUT2D eigenvalue weighted by molar-refractivity contribution is 0.0917. The van der Waals surface area contributed by atoms with Crippen LogP contribution in [0.1, 0.15) is 35.2 Å². The maximum absolute atomic E-state index is 13.9. The number of amides is 1. The number of anilines is 2. The number of para-hydroxylation sites is 2. The van der Waals surface area contributed by atoms with Crippen molar-refractivity contribution in [2.75, 3.05) is 35.2 Å². The number of nitrogens with zero attached hydrogens (tertiary/aromatic N) is 3. The molecular formula is C29H29N3O4S3. The third-order valence-corrected chi connectivity index (χ3v) is 10.9. The number of fused-ring (bicyclic) bond motifs is 2. The number of benzene rings is 3. The molecule has 0 aliphatic carbocycles. The average Bonchev–Trinajstić information content (AvgIpc) is 3.65. The average molecular weight is 580 g/mol. The second kappa shape index (κ2) is 10.9. The van der Waals surface area contributed by atoms with E-state index in [2.05, 4.69) is 0 Å². The molecule has 0 radical (unpaired) electrons. The van der Waals surface area contributed by atoms with Gasteiger partial charge in [0, 0.05) is 23.6 Å². The van der Waals surface area contributed by atoms with E-state index in [9.17, 15) is 13.2 Å². The molecular weight excluding hydrogens is 551 g/mol. The van der Waals surface area contributed by atoms with Gasteiger partial charge in [-0.1, -0.05) is 35.6 Å². The third-order valence-electron chi connectivity index (χ3n) is 7.23. The molecule has 4 aromatic rings. The van der Waals surface area contributed by atoms with E-state index in [1.807, 2.05) is 48.7 Å². The maximum Gasteiger partial charge on any atom is 0.264 e. The van der Waals surface area contributed by atoms with Crippen LogP contribution in [0.3, 0.4) is 0 Å². The Morgan fingerprint density at radius 1 is 1.10 bits per heavy atom. The summed E-state index contributed by atoms with van der Waals surface area (Å²) in [4.78, 5) is 21.6. The molecule has 1 atom stereocenters. The molecule has 0 saturated carbocycles. The first kappa shape index (κ1) is 26.3. The van der Waals surface area contributed by atoms with Crippen LogP contribution < -0.4 is 9.21 Å². The minimum Gasteiger partial charge on any atom is -0.376 e. The van der Waals surface area contributed by atoms with E-state index in [0.29, 0.717) is 30.4 Å². The van der Waals surface area contributed by atoms with Gasteiger partial charge in [0.2, 0.25) is 0 Å². The van der Waals surface area contributed by atoms with E-state index in [1.54, 1.807) is 28.8 Å². The van der Waals surface area contributed by atoms with Gasteiger partial charge in [0.15, 0.2) is 5.13 Å². The van der Waals surface area contributed by atoms with Crippen molar-refractivity contribution in [1.82, 2.24) is 4.98 Å². The van der Waals surface area contributed by atoms with Crippen LogP contribution in [0.5, 0.6) is 0 Å². The SMILES string of the molecule is CSc1cccc2sc(N(CC3CCCO3)C(=O)c3ccc(S(=O)(=O)N4CCCc5ccccc54)cc3)nc12. The van der Waals surface area contributed by atoms with Crippen LogP contribution in [0.15, 0.2) is 76.5 Å². The van der Waals surface area contributed by atoms with Crippen molar-refractivity contribution >= 4 is 60.1 Å². The summed E-state index contributed by atoms with van der Waals surface area (Å²) in [5.41, 5.74) is 3.06. The lowest BCUT2D eigenvalue weighted by Crippen LogP contribution is -2.37. The molecule has 10 heteroatoms. The van der Waals surface area contributed by atoms with Crippen molar-refractivity contribution in [1.29, 1.82) is 0 Å². The lowest BCUT2D eigenvalue weighted by Gasteiger charge is -2.30. The summed E-state index contributed by atoms with van der Waals surface area (Å²) in [6, 6.07) is 20.0. The maximum atomic E-state index is 13.9. The second-order valence-corrected chi connectivity index (χ2v) is 13.4. The molecule has 0 spiro atoms. The number of hydrogen-bond acceptors (Lipinski definition) is 7. The Bertz CT molecular complexity index is 1610. The number of rotatable bonds is 7. The Labute approximate surface area is 236 Å². The smallest absolute Gasteiger partial charge is 0.264 e. The highest BCUT2D eigenvalue weighted by molar-refractivity contribution is 7.98. The number of ether oxygens (including phenoxy) is 1. The molecule has 2 aliphatic heterocycles. The zero-order chi connectivity index (χ0) is 27.0. The molecule has 3 aromatic carbocycles. The van der Waals surface area contributed by atoms with Gasteiger partial charge < -0.3 is 4.74 Å². The molecule has 3 heterocycles. The molecule has 1 amide bonds. The molecule has 7 nitrogen and oxygen atoms in total. The summed E-state index contributed by atoms with van der Waals surface area (Å²) in [7, 11) is -3.76. The van der Waals surface area contributed by atoms with E-state index in [1.165, 1.54) is 27.8 Å². The largest absolute Gasteiger partial charge is 0.376 e.